The Labute approximate surface area is 118 Å². The Balaban J connectivity index is 2.73. The second-order valence-electron chi connectivity index (χ2n) is 3.37. The van der Waals surface area contributed by atoms with E-state index in [1.54, 1.807) is 0 Å². The van der Waals surface area contributed by atoms with Gasteiger partial charge in [0.1, 0.15) is 0 Å². The molecule has 4 nitrogen and oxygen atoms in total. The van der Waals surface area contributed by atoms with Crippen LogP contribution in [0.1, 0.15) is 0 Å². The van der Waals surface area contributed by atoms with Crippen molar-refractivity contribution in [2.45, 2.75) is 15.5 Å². The highest BCUT2D eigenvalue weighted by Gasteiger charge is 2.26. The lowest BCUT2D eigenvalue weighted by atomic mass is 10.4. The van der Waals surface area contributed by atoms with Crippen LogP contribution in [0.15, 0.2) is 34.1 Å². The van der Waals surface area contributed by atoms with E-state index in [4.69, 9.17) is 10.7 Å². The van der Waals surface area contributed by atoms with Crippen molar-refractivity contribution in [3.63, 3.8) is 0 Å². The molecular formula is C9H9ClF2O4S3. The molecule has 1 aromatic rings. The number of benzene rings is 1. The molecule has 0 amide bonds. The van der Waals surface area contributed by atoms with Crippen LogP contribution >= 0.6 is 22.4 Å². The summed E-state index contributed by atoms with van der Waals surface area (Å²) in [6, 6.07) is 4.78. The summed E-state index contributed by atoms with van der Waals surface area (Å²) >= 11 is 1.13. The zero-order valence-corrected chi connectivity index (χ0v) is 12.5. The minimum Gasteiger partial charge on any atom is -0.218 e. The van der Waals surface area contributed by atoms with E-state index < -0.39 is 29.5 Å². The average Bonchev–Trinajstić information content (AvgIpc) is 2.27. The van der Waals surface area contributed by atoms with E-state index in [1.165, 1.54) is 12.1 Å². The van der Waals surface area contributed by atoms with Gasteiger partial charge in [0.05, 0.1) is 10.6 Å². The predicted octanol–water partition coefficient (Wildman–Crippen LogP) is 2.34. The molecule has 0 aliphatic carbocycles. The molecule has 0 saturated carbocycles. The zero-order chi connectivity index (χ0) is 14.7. The summed E-state index contributed by atoms with van der Waals surface area (Å²) in [6.45, 7) is 0. The second kappa shape index (κ2) is 6.38. The molecular weight excluding hydrogens is 342 g/mol. The fourth-order valence-electron chi connectivity index (χ4n) is 1.09. The predicted molar refractivity (Wildman–Crippen MR) is 70.0 cm³/mol. The smallest absolute Gasteiger partial charge is 0.218 e. The van der Waals surface area contributed by atoms with Gasteiger partial charge in [-0.05, 0) is 24.3 Å². The molecule has 1 rings (SSSR count). The van der Waals surface area contributed by atoms with Crippen LogP contribution in [0.3, 0.4) is 0 Å². The van der Waals surface area contributed by atoms with Crippen LogP contribution in [0, 0.1) is 0 Å². The Bertz CT molecular complexity index is 626. The minimum atomic E-state index is -4.60. The second-order valence-corrected chi connectivity index (χ2v) is 9.35. The van der Waals surface area contributed by atoms with Crippen molar-refractivity contribution in [3.05, 3.63) is 24.3 Å². The molecule has 0 atom stereocenters. The quantitative estimate of drug-likeness (QED) is 0.582. The third-order valence-corrected chi connectivity index (χ3v) is 5.81. The maximum Gasteiger partial charge on any atom is 0.341 e. The third-order valence-electron chi connectivity index (χ3n) is 1.98. The van der Waals surface area contributed by atoms with E-state index in [9.17, 15) is 25.6 Å². The summed E-state index contributed by atoms with van der Waals surface area (Å²) < 4.78 is 68.1. The topological polar surface area (TPSA) is 68.3 Å². The van der Waals surface area contributed by atoms with Crippen molar-refractivity contribution in [1.82, 2.24) is 0 Å². The van der Waals surface area contributed by atoms with E-state index in [0.29, 0.717) is 4.90 Å². The van der Waals surface area contributed by atoms with Crippen LogP contribution in [0.4, 0.5) is 8.78 Å². The lowest BCUT2D eigenvalue weighted by Crippen LogP contribution is -2.11. The normalized spacial score (nSPS) is 12.8. The van der Waals surface area contributed by atoms with Crippen LogP contribution in [-0.2, 0) is 18.9 Å². The molecule has 0 aliphatic rings. The van der Waals surface area contributed by atoms with Crippen molar-refractivity contribution in [3.8, 4) is 0 Å². The minimum absolute atomic E-state index is 0.187. The van der Waals surface area contributed by atoms with E-state index >= 15 is 0 Å². The first-order valence-electron chi connectivity index (χ1n) is 4.80. The molecule has 19 heavy (non-hydrogen) atoms. The van der Waals surface area contributed by atoms with Gasteiger partial charge in [0.2, 0.25) is 18.9 Å². The highest BCUT2D eigenvalue weighted by Crippen LogP contribution is 2.23. The van der Waals surface area contributed by atoms with Crippen molar-refractivity contribution in [1.29, 1.82) is 0 Å². The SMILES string of the molecule is O=S(=O)(Cl)CCSc1ccc(S(=O)(=O)C(F)F)cc1. The van der Waals surface area contributed by atoms with Gasteiger partial charge in [-0.1, -0.05) is 0 Å². The fraction of sp³-hybridized carbons (Fsp3) is 0.333. The summed E-state index contributed by atoms with van der Waals surface area (Å²) in [6.07, 6.45) is 0. The maximum atomic E-state index is 12.3. The number of alkyl halides is 2. The molecule has 10 heteroatoms. The van der Waals surface area contributed by atoms with Gasteiger partial charge in [0.15, 0.2) is 0 Å². The molecule has 0 N–H and O–H groups in total. The first-order chi connectivity index (χ1) is 8.63. The fourth-order valence-corrected chi connectivity index (χ4v) is 4.07. The van der Waals surface area contributed by atoms with E-state index in [0.717, 1.165) is 23.9 Å². The highest BCUT2D eigenvalue weighted by molar-refractivity contribution is 8.14. The first kappa shape index (κ1) is 16.7. The van der Waals surface area contributed by atoms with Gasteiger partial charge in [-0.25, -0.2) is 16.8 Å². The van der Waals surface area contributed by atoms with Crippen LogP contribution in [0.2, 0.25) is 0 Å². The Morgan fingerprint density at radius 3 is 2.05 bits per heavy atom. The van der Waals surface area contributed by atoms with Gasteiger partial charge in [0.25, 0.3) is 0 Å². The summed E-state index contributed by atoms with van der Waals surface area (Å²) in [7, 11) is -3.16. The monoisotopic (exact) mass is 350 g/mol. The van der Waals surface area contributed by atoms with Crippen LogP contribution in [0.5, 0.6) is 0 Å². The van der Waals surface area contributed by atoms with Gasteiger partial charge >= 0.3 is 5.76 Å². The molecule has 0 bridgehead atoms. The van der Waals surface area contributed by atoms with Crippen LogP contribution < -0.4 is 0 Å². The highest BCUT2D eigenvalue weighted by atomic mass is 35.7. The maximum absolute atomic E-state index is 12.3. The lowest BCUT2D eigenvalue weighted by Gasteiger charge is -2.04. The molecule has 0 unspecified atom stereocenters. The summed E-state index contributed by atoms with van der Waals surface area (Å²) in [5, 5.41) is 0. The standard InChI is InChI=1S/C9H9ClF2O4S3/c10-18(13,14)6-5-17-7-1-3-8(4-2-7)19(15,16)9(11)12/h1-4,9H,5-6H2. The van der Waals surface area contributed by atoms with Gasteiger partial charge in [-0.2, -0.15) is 8.78 Å². The lowest BCUT2D eigenvalue weighted by molar-refractivity contribution is 0.234. The molecule has 108 valence electrons. The zero-order valence-electron chi connectivity index (χ0n) is 9.29. The van der Waals surface area contributed by atoms with Crippen molar-refractivity contribution < 1.29 is 25.6 Å². The number of rotatable bonds is 6. The van der Waals surface area contributed by atoms with Crippen LogP contribution in [0.25, 0.3) is 0 Å². The van der Waals surface area contributed by atoms with Crippen molar-refractivity contribution in [2.75, 3.05) is 11.5 Å². The molecule has 1 aromatic carbocycles. The van der Waals surface area contributed by atoms with E-state index in [1.807, 2.05) is 0 Å². The number of hydrogen-bond donors (Lipinski definition) is 0. The molecule has 0 fully saturated rings. The number of sulfone groups is 1. The van der Waals surface area contributed by atoms with Gasteiger partial charge < -0.3 is 0 Å². The van der Waals surface area contributed by atoms with Gasteiger partial charge in [-0.3, -0.25) is 0 Å². The Morgan fingerprint density at radius 2 is 1.63 bits per heavy atom. The third kappa shape index (κ3) is 5.25. The largest absolute Gasteiger partial charge is 0.341 e. The summed E-state index contributed by atoms with van der Waals surface area (Å²) in [4.78, 5) is 0.0883. The van der Waals surface area contributed by atoms with E-state index in [2.05, 4.69) is 0 Å². The molecule has 0 aromatic heterocycles. The van der Waals surface area contributed by atoms with Gasteiger partial charge in [0, 0.05) is 21.3 Å². The molecule has 0 radical (unpaired) electrons. The van der Waals surface area contributed by atoms with Crippen LogP contribution in [-0.4, -0.2) is 34.1 Å². The average molecular weight is 351 g/mol. The molecule has 0 saturated heterocycles. The van der Waals surface area contributed by atoms with Gasteiger partial charge in [-0.15, -0.1) is 11.8 Å². The summed E-state index contributed by atoms with van der Waals surface area (Å²) in [5.74, 6) is -3.52. The number of halogens is 3. The number of thioether (sulfide) groups is 1. The molecule has 0 heterocycles. The van der Waals surface area contributed by atoms with Crippen molar-refractivity contribution in [2.24, 2.45) is 0 Å². The Kier molecular flexibility index (Phi) is 5.60. The summed E-state index contributed by atoms with van der Waals surface area (Å²) in [5.41, 5.74) is 0. The Hall–Kier alpha value is -0.380. The Morgan fingerprint density at radius 1 is 1.11 bits per heavy atom. The first-order valence-corrected chi connectivity index (χ1v) is 9.81. The van der Waals surface area contributed by atoms with Crippen molar-refractivity contribution >= 4 is 41.3 Å². The molecule has 0 spiro atoms. The molecule has 0 aliphatic heterocycles. The number of hydrogen-bond acceptors (Lipinski definition) is 5. The van der Waals surface area contributed by atoms with E-state index in [-0.39, 0.29) is 11.5 Å².